The molecule has 0 aliphatic carbocycles. The maximum absolute atomic E-state index is 10.7. The molecule has 1 aromatic heterocycles. The van der Waals surface area contributed by atoms with Crippen molar-refractivity contribution in [1.29, 1.82) is 0 Å². The molecule has 0 unspecified atom stereocenters. The lowest BCUT2D eigenvalue weighted by Crippen LogP contribution is -2.10. The molecule has 25 heavy (non-hydrogen) atoms. The monoisotopic (exact) mass is 399 g/mol. The minimum Gasteiger partial charge on any atom is -0.481 e. The highest BCUT2D eigenvalue weighted by Crippen LogP contribution is 2.23. The summed E-state index contributed by atoms with van der Waals surface area (Å²) < 4.78 is 6.11. The zero-order valence-electron chi connectivity index (χ0n) is 13.0. The van der Waals surface area contributed by atoms with Crippen molar-refractivity contribution in [1.82, 2.24) is 4.98 Å². The lowest BCUT2D eigenvalue weighted by Gasteiger charge is -2.08. The molecule has 6 nitrogen and oxygen atoms in total. The number of halogens is 1. The van der Waals surface area contributed by atoms with Crippen molar-refractivity contribution >= 4 is 44.7 Å². The van der Waals surface area contributed by atoms with Gasteiger partial charge in [0.25, 0.3) is 0 Å². The average molecular weight is 400 g/mol. The molecule has 126 valence electrons. The molecule has 2 aromatic carbocycles. The lowest BCUT2D eigenvalue weighted by atomic mass is 10.2. The van der Waals surface area contributed by atoms with Crippen LogP contribution in [0.15, 0.2) is 64.3 Å². The van der Waals surface area contributed by atoms with E-state index in [2.05, 4.69) is 31.4 Å². The van der Waals surface area contributed by atoms with Crippen LogP contribution in [-0.4, -0.2) is 28.9 Å². The van der Waals surface area contributed by atoms with Gasteiger partial charge in [0.15, 0.2) is 6.61 Å². The third-order valence-corrected chi connectivity index (χ3v) is 3.84. The number of carbonyl (C=O) groups is 1. The molecule has 3 aromatic rings. The molecular weight excluding hydrogens is 386 g/mol. The van der Waals surface area contributed by atoms with Crippen LogP contribution in [-0.2, 0) is 4.79 Å². The normalized spacial score (nSPS) is 10.9. The summed E-state index contributed by atoms with van der Waals surface area (Å²) in [6, 6.07) is 14.9. The van der Waals surface area contributed by atoms with Crippen molar-refractivity contribution in [3.63, 3.8) is 0 Å². The summed E-state index contributed by atoms with van der Waals surface area (Å²) in [6.45, 7) is -0.414. The number of hydrogen-bond donors (Lipinski definition) is 2. The highest BCUT2D eigenvalue weighted by atomic mass is 79.9. The van der Waals surface area contributed by atoms with Gasteiger partial charge in [-0.15, -0.1) is 0 Å². The zero-order valence-corrected chi connectivity index (χ0v) is 14.6. The van der Waals surface area contributed by atoms with Gasteiger partial charge in [0, 0.05) is 21.6 Å². The van der Waals surface area contributed by atoms with Gasteiger partial charge < -0.3 is 9.84 Å². The predicted octanol–water partition coefficient (Wildman–Crippen LogP) is 3.91. The van der Waals surface area contributed by atoms with E-state index in [1.807, 2.05) is 30.3 Å². The van der Waals surface area contributed by atoms with Gasteiger partial charge in [-0.3, -0.25) is 10.4 Å². The van der Waals surface area contributed by atoms with Crippen LogP contribution in [0.2, 0.25) is 0 Å². The van der Waals surface area contributed by atoms with E-state index in [0.29, 0.717) is 11.3 Å². The fraction of sp³-hybridized carbons (Fsp3) is 0.0556. The minimum absolute atomic E-state index is 0.414. The molecule has 0 aliphatic heterocycles. The Kier molecular flexibility index (Phi) is 5.25. The Balaban J connectivity index is 1.82. The largest absolute Gasteiger partial charge is 0.481 e. The third kappa shape index (κ3) is 4.33. The fourth-order valence-electron chi connectivity index (χ4n) is 2.26. The standard InChI is InChI=1S/C18H14BrN3O3/c19-14-6-7-16(25-11-17(23)24)13(9-14)10-21-22-15-5-1-3-12-4-2-8-20-18(12)15/h1-10,22H,11H2,(H,23,24)/b21-10+. The van der Waals surface area contributed by atoms with Crippen LogP contribution in [0.4, 0.5) is 5.69 Å². The van der Waals surface area contributed by atoms with E-state index in [9.17, 15) is 4.79 Å². The number of hydrogen-bond acceptors (Lipinski definition) is 5. The number of carboxylic acid groups (broad SMARTS) is 1. The summed E-state index contributed by atoms with van der Waals surface area (Å²) in [7, 11) is 0. The predicted molar refractivity (Wildman–Crippen MR) is 100 cm³/mol. The number of rotatable bonds is 6. The second-order valence-electron chi connectivity index (χ2n) is 5.12. The number of nitrogens with one attached hydrogen (secondary N) is 1. The molecule has 0 spiro atoms. The van der Waals surface area contributed by atoms with E-state index >= 15 is 0 Å². The first-order valence-electron chi connectivity index (χ1n) is 7.40. The quantitative estimate of drug-likeness (QED) is 0.484. The first-order chi connectivity index (χ1) is 12.1. The van der Waals surface area contributed by atoms with Crippen LogP contribution in [0.3, 0.4) is 0 Å². The fourth-order valence-corrected chi connectivity index (χ4v) is 2.64. The Bertz CT molecular complexity index is 939. The maximum Gasteiger partial charge on any atom is 0.341 e. The van der Waals surface area contributed by atoms with Gasteiger partial charge in [0.2, 0.25) is 0 Å². The third-order valence-electron chi connectivity index (χ3n) is 3.34. The molecule has 0 saturated heterocycles. The van der Waals surface area contributed by atoms with Crippen molar-refractivity contribution in [3.05, 3.63) is 64.8 Å². The van der Waals surface area contributed by atoms with Crippen molar-refractivity contribution in [3.8, 4) is 5.75 Å². The number of fused-ring (bicyclic) bond motifs is 1. The SMILES string of the molecule is O=C(O)COc1ccc(Br)cc1/C=N/Nc1cccc2cccnc12. The number of benzene rings is 2. The number of ether oxygens (including phenoxy) is 1. The number of pyridine rings is 1. The Morgan fingerprint density at radius 2 is 2.12 bits per heavy atom. The van der Waals surface area contributed by atoms with Gasteiger partial charge in [0.1, 0.15) is 5.75 Å². The summed E-state index contributed by atoms with van der Waals surface area (Å²) in [4.78, 5) is 15.0. The van der Waals surface area contributed by atoms with Gasteiger partial charge in [-0.05, 0) is 30.3 Å². The van der Waals surface area contributed by atoms with Crippen LogP contribution in [0.1, 0.15) is 5.56 Å². The number of hydrazone groups is 1. The molecule has 3 rings (SSSR count). The van der Waals surface area contributed by atoms with Gasteiger partial charge in [0.05, 0.1) is 17.4 Å². The molecule has 0 saturated carbocycles. The topological polar surface area (TPSA) is 83.8 Å². The van der Waals surface area contributed by atoms with Crippen molar-refractivity contribution in [2.45, 2.75) is 0 Å². The van der Waals surface area contributed by atoms with Crippen LogP contribution < -0.4 is 10.2 Å². The van der Waals surface area contributed by atoms with Crippen molar-refractivity contribution in [2.24, 2.45) is 5.10 Å². The molecule has 0 amide bonds. The smallest absolute Gasteiger partial charge is 0.341 e. The first kappa shape index (κ1) is 16.9. The van der Waals surface area contributed by atoms with Crippen molar-refractivity contribution in [2.75, 3.05) is 12.0 Å². The van der Waals surface area contributed by atoms with Crippen LogP contribution in [0, 0.1) is 0 Å². The molecule has 0 fully saturated rings. The average Bonchev–Trinajstić information content (AvgIpc) is 2.61. The number of para-hydroxylation sites is 1. The Labute approximate surface area is 152 Å². The van der Waals surface area contributed by atoms with E-state index < -0.39 is 12.6 Å². The van der Waals surface area contributed by atoms with Crippen LogP contribution in [0.5, 0.6) is 5.75 Å². The molecule has 2 N–H and O–H groups in total. The second kappa shape index (κ2) is 7.76. The van der Waals surface area contributed by atoms with E-state index in [1.54, 1.807) is 30.6 Å². The molecular formula is C18H14BrN3O3. The number of carboxylic acids is 1. The van der Waals surface area contributed by atoms with E-state index in [1.165, 1.54) is 0 Å². The highest BCUT2D eigenvalue weighted by molar-refractivity contribution is 9.10. The number of anilines is 1. The van der Waals surface area contributed by atoms with Crippen molar-refractivity contribution < 1.29 is 14.6 Å². The summed E-state index contributed by atoms with van der Waals surface area (Å²) in [5.41, 5.74) is 5.21. The van der Waals surface area contributed by atoms with E-state index in [-0.39, 0.29) is 0 Å². The van der Waals surface area contributed by atoms with Gasteiger partial charge in [-0.25, -0.2) is 4.79 Å². The summed E-state index contributed by atoms with van der Waals surface area (Å²) >= 11 is 3.38. The molecule has 0 bridgehead atoms. The van der Waals surface area contributed by atoms with E-state index in [0.717, 1.165) is 21.1 Å². The Morgan fingerprint density at radius 3 is 2.96 bits per heavy atom. The maximum atomic E-state index is 10.7. The molecule has 0 atom stereocenters. The molecule has 7 heteroatoms. The van der Waals surface area contributed by atoms with Crippen LogP contribution >= 0.6 is 15.9 Å². The van der Waals surface area contributed by atoms with E-state index in [4.69, 9.17) is 9.84 Å². The summed E-state index contributed by atoms with van der Waals surface area (Å²) in [6.07, 6.45) is 3.30. The number of aliphatic carboxylic acids is 1. The number of aromatic nitrogens is 1. The minimum atomic E-state index is -1.04. The van der Waals surface area contributed by atoms with Gasteiger partial charge in [-0.2, -0.15) is 5.10 Å². The molecule has 0 radical (unpaired) electrons. The number of nitrogens with zero attached hydrogens (tertiary/aromatic N) is 2. The highest BCUT2D eigenvalue weighted by Gasteiger charge is 2.06. The lowest BCUT2D eigenvalue weighted by molar-refractivity contribution is -0.139. The summed E-state index contributed by atoms with van der Waals surface area (Å²) in [5, 5.41) is 14.0. The molecule has 1 heterocycles. The Morgan fingerprint density at radius 1 is 1.28 bits per heavy atom. The second-order valence-corrected chi connectivity index (χ2v) is 6.03. The summed E-state index contributed by atoms with van der Waals surface area (Å²) in [5.74, 6) is -0.599. The molecule has 0 aliphatic rings. The zero-order chi connectivity index (χ0) is 17.6. The first-order valence-corrected chi connectivity index (χ1v) is 8.20. The van der Waals surface area contributed by atoms with Gasteiger partial charge in [-0.1, -0.05) is 34.1 Å². The van der Waals surface area contributed by atoms with Gasteiger partial charge >= 0.3 is 5.97 Å². The Hall–Kier alpha value is -2.93. The van der Waals surface area contributed by atoms with Crippen LogP contribution in [0.25, 0.3) is 10.9 Å².